The standard InChI is InChI=1S/C13H17ClN2O2/c14-8-4-9-15-12(17)7-10-16-13(18)11-5-2-1-3-6-11/h1-3,5-6H,4,7-10H2,(H,15,17)(H,16,18). The number of hydrogen-bond donors (Lipinski definition) is 2. The van der Waals surface area contributed by atoms with Crippen LogP contribution >= 0.6 is 11.6 Å². The van der Waals surface area contributed by atoms with Crippen LogP contribution in [-0.4, -0.2) is 30.8 Å². The van der Waals surface area contributed by atoms with Crippen molar-refractivity contribution in [2.75, 3.05) is 19.0 Å². The molecule has 0 aliphatic rings. The summed E-state index contributed by atoms with van der Waals surface area (Å²) in [5, 5.41) is 5.42. The van der Waals surface area contributed by atoms with Crippen LogP contribution in [0.1, 0.15) is 23.2 Å². The fourth-order valence-electron chi connectivity index (χ4n) is 1.36. The molecule has 0 saturated heterocycles. The number of benzene rings is 1. The summed E-state index contributed by atoms with van der Waals surface area (Å²) in [4.78, 5) is 23.0. The minimum atomic E-state index is -0.163. The Labute approximate surface area is 112 Å². The Balaban J connectivity index is 2.18. The summed E-state index contributed by atoms with van der Waals surface area (Å²) in [6.45, 7) is 0.912. The summed E-state index contributed by atoms with van der Waals surface area (Å²) >= 11 is 5.49. The first-order chi connectivity index (χ1) is 8.74. The lowest BCUT2D eigenvalue weighted by molar-refractivity contribution is -0.120. The molecule has 1 aromatic carbocycles. The van der Waals surface area contributed by atoms with E-state index < -0.39 is 0 Å². The average Bonchev–Trinajstić information content (AvgIpc) is 2.40. The fourth-order valence-corrected chi connectivity index (χ4v) is 1.50. The second-order valence-corrected chi connectivity index (χ2v) is 4.14. The van der Waals surface area contributed by atoms with Gasteiger partial charge in [0, 0.05) is 31.0 Å². The summed E-state index contributed by atoms with van der Waals surface area (Å²) in [6, 6.07) is 8.91. The average molecular weight is 269 g/mol. The monoisotopic (exact) mass is 268 g/mol. The Hall–Kier alpha value is -1.55. The lowest BCUT2D eigenvalue weighted by Crippen LogP contribution is -2.31. The number of rotatable bonds is 7. The van der Waals surface area contributed by atoms with Crippen molar-refractivity contribution in [1.82, 2.24) is 10.6 Å². The first-order valence-electron chi connectivity index (χ1n) is 5.90. The van der Waals surface area contributed by atoms with Crippen molar-refractivity contribution < 1.29 is 9.59 Å². The van der Waals surface area contributed by atoms with Crippen molar-refractivity contribution in [2.24, 2.45) is 0 Å². The van der Waals surface area contributed by atoms with E-state index in [-0.39, 0.29) is 18.2 Å². The first kappa shape index (κ1) is 14.5. The molecule has 0 aromatic heterocycles. The zero-order valence-corrected chi connectivity index (χ0v) is 10.9. The van der Waals surface area contributed by atoms with Crippen molar-refractivity contribution in [2.45, 2.75) is 12.8 Å². The Morgan fingerprint density at radius 1 is 1.06 bits per heavy atom. The van der Waals surface area contributed by atoms with E-state index in [0.29, 0.717) is 24.5 Å². The fraction of sp³-hybridized carbons (Fsp3) is 0.385. The third-order valence-electron chi connectivity index (χ3n) is 2.31. The van der Waals surface area contributed by atoms with Crippen molar-refractivity contribution in [3.8, 4) is 0 Å². The molecule has 98 valence electrons. The topological polar surface area (TPSA) is 58.2 Å². The molecule has 2 N–H and O–H groups in total. The van der Waals surface area contributed by atoms with Crippen LogP contribution in [0.5, 0.6) is 0 Å². The van der Waals surface area contributed by atoms with Gasteiger partial charge in [-0.3, -0.25) is 9.59 Å². The number of amides is 2. The maximum absolute atomic E-state index is 11.6. The van der Waals surface area contributed by atoms with E-state index in [9.17, 15) is 9.59 Å². The molecule has 5 heteroatoms. The third kappa shape index (κ3) is 5.68. The smallest absolute Gasteiger partial charge is 0.251 e. The highest BCUT2D eigenvalue weighted by Crippen LogP contribution is 1.97. The highest BCUT2D eigenvalue weighted by Gasteiger charge is 2.05. The zero-order valence-electron chi connectivity index (χ0n) is 10.1. The molecular weight excluding hydrogens is 252 g/mol. The van der Waals surface area contributed by atoms with Crippen molar-refractivity contribution in [3.63, 3.8) is 0 Å². The van der Waals surface area contributed by atoms with Gasteiger partial charge in [-0.05, 0) is 18.6 Å². The molecule has 18 heavy (non-hydrogen) atoms. The summed E-state index contributed by atoms with van der Waals surface area (Å²) in [5.74, 6) is 0.294. The molecule has 0 heterocycles. The van der Waals surface area contributed by atoms with Crippen molar-refractivity contribution in [3.05, 3.63) is 35.9 Å². The Kier molecular flexibility index (Phi) is 6.87. The summed E-state index contributed by atoms with van der Waals surface area (Å²) in [6.07, 6.45) is 1.03. The SMILES string of the molecule is O=C(CCNC(=O)c1ccccc1)NCCCCl. The van der Waals surface area contributed by atoms with Crippen LogP contribution in [0.15, 0.2) is 30.3 Å². The van der Waals surface area contributed by atoms with Crippen molar-refractivity contribution in [1.29, 1.82) is 0 Å². The van der Waals surface area contributed by atoms with Gasteiger partial charge < -0.3 is 10.6 Å². The van der Waals surface area contributed by atoms with Crippen molar-refractivity contribution >= 4 is 23.4 Å². The Bertz CT molecular complexity index is 382. The number of carbonyl (C=O) groups excluding carboxylic acids is 2. The van der Waals surface area contributed by atoms with E-state index in [0.717, 1.165) is 6.42 Å². The second kappa shape index (κ2) is 8.53. The molecule has 0 unspecified atom stereocenters. The molecule has 2 amide bonds. The van der Waals surface area contributed by atoms with Crippen LogP contribution in [0.25, 0.3) is 0 Å². The molecule has 0 spiro atoms. The molecule has 0 aliphatic carbocycles. The van der Waals surface area contributed by atoms with Crippen LogP contribution < -0.4 is 10.6 Å². The first-order valence-corrected chi connectivity index (χ1v) is 6.43. The third-order valence-corrected chi connectivity index (χ3v) is 2.57. The minimum Gasteiger partial charge on any atom is -0.356 e. The molecule has 0 fully saturated rings. The van der Waals surface area contributed by atoms with E-state index in [1.807, 2.05) is 6.07 Å². The highest BCUT2D eigenvalue weighted by molar-refractivity contribution is 6.17. The van der Waals surface area contributed by atoms with E-state index in [4.69, 9.17) is 11.6 Å². The lowest BCUT2D eigenvalue weighted by atomic mass is 10.2. The van der Waals surface area contributed by atoms with Gasteiger partial charge in [0.15, 0.2) is 0 Å². The largest absolute Gasteiger partial charge is 0.356 e. The van der Waals surface area contributed by atoms with E-state index >= 15 is 0 Å². The van der Waals surface area contributed by atoms with E-state index in [1.165, 1.54) is 0 Å². The maximum atomic E-state index is 11.6. The van der Waals surface area contributed by atoms with Gasteiger partial charge in [0.05, 0.1) is 0 Å². The van der Waals surface area contributed by atoms with Gasteiger partial charge in [0.1, 0.15) is 0 Å². The van der Waals surface area contributed by atoms with Crippen LogP contribution in [0.4, 0.5) is 0 Å². The summed E-state index contributed by atoms with van der Waals surface area (Å²) in [5.41, 5.74) is 0.597. The maximum Gasteiger partial charge on any atom is 0.251 e. The second-order valence-electron chi connectivity index (χ2n) is 3.76. The van der Waals surface area contributed by atoms with Crippen LogP contribution in [0.2, 0.25) is 0 Å². The zero-order chi connectivity index (χ0) is 13.2. The predicted molar refractivity (Wildman–Crippen MR) is 71.7 cm³/mol. The van der Waals surface area contributed by atoms with E-state index in [1.54, 1.807) is 24.3 Å². The van der Waals surface area contributed by atoms with Gasteiger partial charge in [-0.2, -0.15) is 0 Å². The number of alkyl halides is 1. The molecule has 1 aromatic rings. The molecule has 4 nitrogen and oxygen atoms in total. The molecular formula is C13H17ClN2O2. The van der Waals surface area contributed by atoms with E-state index in [2.05, 4.69) is 10.6 Å². The van der Waals surface area contributed by atoms with Crippen LogP contribution in [-0.2, 0) is 4.79 Å². The molecule has 0 atom stereocenters. The normalized spacial score (nSPS) is 9.83. The number of hydrogen-bond acceptors (Lipinski definition) is 2. The Morgan fingerprint density at radius 2 is 1.78 bits per heavy atom. The van der Waals surface area contributed by atoms with Crippen LogP contribution in [0, 0.1) is 0 Å². The highest BCUT2D eigenvalue weighted by atomic mass is 35.5. The molecule has 0 saturated carbocycles. The van der Waals surface area contributed by atoms with Gasteiger partial charge in [0.2, 0.25) is 5.91 Å². The summed E-state index contributed by atoms with van der Waals surface area (Å²) in [7, 11) is 0. The summed E-state index contributed by atoms with van der Waals surface area (Å²) < 4.78 is 0. The molecule has 0 aliphatic heterocycles. The Morgan fingerprint density at radius 3 is 2.44 bits per heavy atom. The molecule has 0 bridgehead atoms. The van der Waals surface area contributed by atoms with Gasteiger partial charge in [-0.1, -0.05) is 18.2 Å². The number of nitrogens with one attached hydrogen (secondary N) is 2. The molecule has 1 rings (SSSR count). The van der Waals surface area contributed by atoms with Gasteiger partial charge >= 0.3 is 0 Å². The van der Waals surface area contributed by atoms with Gasteiger partial charge in [-0.15, -0.1) is 11.6 Å². The number of carbonyl (C=O) groups is 2. The van der Waals surface area contributed by atoms with Gasteiger partial charge in [0.25, 0.3) is 5.91 Å². The minimum absolute atomic E-state index is 0.0755. The molecule has 0 radical (unpaired) electrons. The van der Waals surface area contributed by atoms with Crippen LogP contribution in [0.3, 0.4) is 0 Å². The predicted octanol–water partition coefficient (Wildman–Crippen LogP) is 1.55. The van der Waals surface area contributed by atoms with Gasteiger partial charge in [-0.25, -0.2) is 0 Å². The lowest BCUT2D eigenvalue weighted by Gasteiger charge is -2.06. The number of halogens is 1. The quantitative estimate of drug-likeness (QED) is 0.582.